The van der Waals surface area contributed by atoms with E-state index in [1.165, 1.54) is 48.7 Å². The van der Waals surface area contributed by atoms with Crippen LogP contribution in [0, 0.1) is 0 Å². The number of hydrogen-bond donors (Lipinski definition) is 2. The molecule has 0 fully saturated rings. The third-order valence-corrected chi connectivity index (χ3v) is 4.02. The number of alkyl halides is 3. The molecule has 3 rings (SSSR count). The maximum atomic E-state index is 12.8. The molecule has 29 heavy (non-hydrogen) atoms. The van der Waals surface area contributed by atoms with E-state index in [-0.39, 0.29) is 16.9 Å². The van der Waals surface area contributed by atoms with Crippen LogP contribution < -0.4 is 10.6 Å². The standard InChI is InChI=1S/C20H13ClF3N3O2/c21-14-7-8-25-17(11-14)19(29)27-15-5-1-3-12(9-15)18(28)26-16-6-2-4-13(10-16)20(22,23)24/h1-11H,(H,26,28)(H,27,29). The lowest BCUT2D eigenvalue weighted by atomic mass is 10.1. The fourth-order valence-corrected chi connectivity index (χ4v) is 2.60. The average Bonchev–Trinajstić information content (AvgIpc) is 2.68. The first-order chi connectivity index (χ1) is 13.7. The van der Waals surface area contributed by atoms with E-state index in [0.29, 0.717) is 10.7 Å². The molecule has 3 aromatic rings. The number of carbonyl (C=O) groups excluding carboxylic acids is 2. The highest BCUT2D eigenvalue weighted by Gasteiger charge is 2.30. The second-order valence-corrected chi connectivity index (χ2v) is 6.36. The average molecular weight is 420 g/mol. The summed E-state index contributed by atoms with van der Waals surface area (Å²) in [6, 6.07) is 13.2. The van der Waals surface area contributed by atoms with Crippen molar-refractivity contribution in [1.82, 2.24) is 4.98 Å². The molecule has 0 aliphatic carbocycles. The molecule has 0 radical (unpaired) electrons. The van der Waals surface area contributed by atoms with Crippen molar-refractivity contribution in [3.8, 4) is 0 Å². The summed E-state index contributed by atoms with van der Waals surface area (Å²) < 4.78 is 38.4. The van der Waals surface area contributed by atoms with Crippen LogP contribution in [-0.4, -0.2) is 16.8 Å². The number of anilines is 2. The summed E-state index contributed by atoms with van der Waals surface area (Å²) in [5, 5.41) is 5.34. The third kappa shape index (κ3) is 5.32. The Balaban J connectivity index is 1.74. The summed E-state index contributed by atoms with van der Waals surface area (Å²) in [5.41, 5.74) is -0.309. The van der Waals surface area contributed by atoms with Crippen LogP contribution in [-0.2, 0) is 6.18 Å². The molecular formula is C20H13ClF3N3O2. The molecular weight excluding hydrogens is 407 g/mol. The minimum Gasteiger partial charge on any atom is -0.322 e. The molecule has 0 spiro atoms. The van der Waals surface area contributed by atoms with E-state index in [9.17, 15) is 22.8 Å². The summed E-state index contributed by atoms with van der Waals surface area (Å²) >= 11 is 5.83. The van der Waals surface area contributed by atoms with Gasteiger partial charge >= 0.3 is 6.18 Å². The number of aromatic nitrogens is 1. The Morgan fingerprint density at radius 1 is 0.862 bits per heavy atom. The predicted molar refractivity (Wildman–Crippen MR) is 103 cm³/mol. The van der Waals surface area contributed by atoms with Crippen LogP contribution in [0.2, 0.25) is 5.02 Å². The van der Waals surface area contributed by atoms with E-state index < -0.39 is 23.6 Å². The maximum Gasteiger partial charge on any atom is 0.416 e. The van der Waals surface area contributed by atoms with Gasteiger partial charge < -0.3 is 10.6 Å². The van der Waals surface area contributed by atoms with Crippen molar-refractivity contribution in [3.05, 3.63) is 88.7 Å². The van der Waals surface area contributed by atoms with Gasteiger partial charge in [-0.05, 0) is 48.5 Å². The Bertz CT molecular complexity index is 1070. The van der Waals surface area contributed by atoms with Gasteiger partial charge in [0.25, 0.3) is 11.8 Å². The quantitative estimate of drug-likeness (QED) is 0.606. The summed E-state index contributed by atoms with van der Waals surface area (Å²) in [6.45, 7) is 0. The van der Waals surface area contributed by atoms with Gasteiger partial charge in [-0.1, -0.05) is 23.7 Å². The zero-order chi connectivity index (χ0) is 21.0. The summed E-state index contributed by atoms with van der Waals surface area (Å²) in [7, 11) is 0. The monoisotopic (exact) mass is 419 g/mol. The Morgan fingerprint density at radius 2 is 1.52 bits per heavy atom. The maximum absolute atomic E-state index is 12.8. The Morgan fingerprint density at radius 3 is 2.21 bits per heavy atom. The van der Waals surface area contributed by atoms with E-state index in [1.807, 2.05) is 0 Å². The van der Waals surface area contributed by atoms with Gasteiger partial charge in [-0.25, -0.2) is 0 Å². The molecule has 2 amide bonds. The lowest BCUT2D eigenvalue weighted by Gasteiger charge is -2.11. The third-order valence-electron chi connectivity index (χ3n) is 3.79. The topological polar surface area (TPSA) is 71.1 Å². The number of halogens is 4. The van der Waals surface area contributed by atoms with Crippen molar-refractivity contribution >= 4 is 34.8 Å². The van der Waals surface area contributed by atoms with Crippen LogP contribution in [0.25, 0.3) is 0 Å². The molecule has 2 aromatic carbocycles. The van der Waals surface area contributed by atoms with Crippen molar-refractivity contribution in [1.29, 1.82) is 0 Å². The molecule has 9 heteroatoms. The zero-order valence-corrected chi connectivity index (χ0v) is 15.4. The zero-order valence-electron chi connectivity index (χ0n) is 14.6. The summed E-state index contributed by atoms with van der Waals surface area (Å²) in [6.07, 6.45) is -3.13. The smallest absolute Gasteiger partial charge is 0.322 e. The van der Waals surface area contributed by atoms with E-state index in [4.69, 9.17) is 11.6 Å². The van der Waals surface area contributed by atoms with Gasteiger partial charge in [0.15, 0.2) is 0 Å². The van der Waals surface area contributed by atoms with Gasteiger partial charge in [0.1, 0.15) is 5.69 Å². The second-order valence-electron chi connectivity index (χ2n) is 5.93. The van der Waals surface area contributed by atoms with Gasteiger partial charge in [0.2, 0.25) is 0 Å². The molecule has 0 aliphatic heterocycles. The molecule has 0 saturated carbocycles. The Hall–Kier alpha value is -3.39. The summed E-state index contributed by atoms with van der Waals surface area (Å²) in [5.74, 6) is -1.15. The van der Waals surface area contributed by atoms with Crippen LogP contribution >= 0.6 is 11.6 Å². The largest absolute Gasteiger partial charge is 0.416 e. The van der Waals surface area contributed by atoms with E-state index in [0.717, 1.165) is 12.1 Å². The number of pyridine rings is 1. The SMILES string of the molecule is O=C(Nc1cccc(C(F)(F)F)c1)c1cccc(NC(=O)c2cc(Cl)ccn2)c1. The van der Waals surface area contributed by atoms with Crippen molar-refractivity contribution in [2.45, 2.75) is 6.18 Å². The first-order valence-electron chi connectivity index (χ1n) is 8.24. The van der Waals surface area contributed by atoms with Crippen molar-refractivity contribution < 1.29 is 22.8 Å². The van der Waals surface area contributed by atoms with E-state index in [1.54, 1.807) is 6.07 Å². The molecule has 1 heterocycles. The molecule has 0 atom stereocenters. The highest BCUT2D eigenvalue weighted by Crippen LogP contribution is 2.30. The van der Waals surface area contributed by atoms with Crippen LogP contribution in [0.15, 0.2) is 66.9 Å². The molecule has 1 aromatic heterocycles. The lowest BCUT2D eigenvalue weighted by Crippen LogP contribution is -2.16. The Labute approximate surface area is 168 Å². The summed E-state index contributed by atoms with van der Waals surface area (Å²) in [4.78, 5) is 28.5. The van der Waals surface area contributed by atoms with E-state index in [2.05, 4.69) is 15.6 Å². The van der Waals surface area contributed by atoms with Crippen LogP contribution in [0.5, 0.6) is 0 Å². The van der Waals surface area contributed by atoms with Crippen LogP contribution in [0.1, 0.15) is 26.4 Å². The number of nitrogens with one attached hydrogen (secondary N) is 2. The minimum atomic E-state index is -4.51. The van der Waals surface area contributed by atoms with Gasteiger partial charge in [0, 0.05) is 28.2 Å². The van der Waals surface area contributed by atoms with Gasteiger partial charge in [0.05, 0.1) is 5.56 Å². The molecule has 148 valence electrons. The second kappa shape index (κ2) is 8.32. The van der Waals surface area contributed by atoms with Crippen LogP contribution in [0.3, 0.4) is 0 Å². The number of benzene rings is 2. The normalized spacial score (nSPS) is 11.0. The Kier molecular flexibility index (Phi) is 5.84. The molecule has 0 aliphatic rings. The highest BCUT2D eigenvalue weighted by molar-refractivity contribution is 6.31. The van der Waals surface area contributed by atoms with E-state index >= 15 is 0 Å². The fraction of sp³-hybridized carbons (Fsp3) is 0.0500. The number of amides is 2. The van der Waals surface area contributed by atoms with Crippen molar-refractivity contribution in [2.75, 3.05) is 10.6 Å². The molecule has 5 nitrogen and oxygen atoms in total. The van der Waals surface area contributed by atoms with Gasteiger partial charge in [-0.2, -0.15) is 13.2 Å². The molecule has 0 saturated heterocycles. The van der Waals surface area contributed by atoms with Crippen molar-refractivity contribution in [3.63, 3.8) is 0 Å². The fourth-order valence-electron chi connectivity index (χ4n) is 2.44. The highest BCUT2D eigenvalue weighted by atomic mass is 35.5. The number of rotatable bonds is 4. The molecule has 0 unspecified atom stereocenters. The molecule has 2 N–H and O–H groups in total. The number of carbonyl (C=O) groups is 2. The minimum absolute atomic E-state index is 0.00221. The molecule has 0 bridgehead atoms. The predicted octanol–water partition coefficient (Wildman–Crippen LogP) is 5.26. The van der Waals surface area contributed by atoms with Gasteiger partial charge in [-0.3, -0.25) is 14.6 Å². The lowest BCUT2D eigenvalue weighted by molar-refractivity contribution is -0.137. The number of hydrogen-bond acceptors (Lipinski definition) is 3. The first-order valence-corrected chi connectivity index (χ1v) is 8.62. The number of nitrogens with zero attached hydrogens (tertiary/aromatic N) is 1. The van der Waals surface area contributed by atoms with Crippen LogP contribution in [0.4, 0.5) is 24.5 Å². The first kappa shape index (κ1) is 20.3. The van der Waals surface area contributed by atoms with Gasteiger partial charge in [-0.15, -0.1) is 0 Å². The van der Waals surface area contributed by atoms with Crippen molar-refractivity contribution in [2.24, 2.45) is 0 Å².